The second kappa shape index (κ2) is 16.4. The number of hydrogen-bond acceptors (Lipinski definition) is 8. The molecule has 5 N–H and O–H groups in total. The second-order valence-electron chi connectivity index (χ2n) is 14.5. The highest BCUT2D eigenvalue weighted by molar-refractivity contribution is 6.04. The van der Waals surface area contributed by atoms with Crippen LogP contribution in [0.4, 0.5) is 28.9 Å². The molecule has 0 aliphatic carbocycles. The first-order chi connectivity index (χ1) is 27.4. The number of hydrogen-bond donors (Lipinski definition) is 4. The van der Waals surface area contributed by atoms with E-state index in [4.69, 9.17) is 15.2 Å². The first-order valence-electron chi connectivity index (χ1n) is 18.9. The average Bonchev–Trinajstić information content (AvgIpc) is 3.58. The first-order valence-corrected chi connectivity index (χ1v) is 18.9. The van der Waals surface area contributed by atoms with E-state index in [0.717, 1.165) is 44.0 Å². The smallest absolute Gasteiger partial charge is 0.417 e. The lowest BCUT2D eigenvalue weighted by molar-refractivity contribution is -0.136. The quantitative estimate of drug-likeness (QED) is 0.0447. The van der Waals surface area contributed by atoms with Gasteiger partial charge in [0.1, 0.15) is 17.4 Å². The molecule has 0 spiro atoms. The molecular weight excluding hydrogens is 744 g/mol. The summed E-state index contributed by atoms with van der Waals surface area (Å²) in [6, 6.07) is 15.1. The van der Waals surface area contributed by atoms with Crippen molar-refractivity contribution >= 4 is 45.2 Å². The highest BCUT2D eigenvalue weighted by atomic mass is 19.4. The van der Waals surface area contributed by atoms with Gasteiger partial charge < -0.3 is 30.4 Å². The van der Waals surface area contributed by atoms with Crippen LogP contribution in [0.1, 0.15) is 74.7 Å². The summed E-state index contributed by atoms with van der Waals surface area (Å²) in [5, 5.41) is 10.9. The molecule has 2 aromatic heterocycles. The molecule has 5 atom stereocenters. The molecule has 0 amide bonds. The van der Waals surface area contributed by atoms with Crippen molar-refractivity contribution in [2.45, 2.75) is 82.3 Å². The molecule has 300 valence electrons. The Morgan fingerprint density at radius 3 is 2.54 bits per heavy atom. The zero-order valence-electron chi connectivity index (χ0n) is 31.7. The van der Waals surface area contributed by atoms with Crippen molar-refractivity contribution in [2.75, 3.05) is 30.5 Å². The molecule has 2 unspecified atom stereocenters. The van der Waals surface area contributed by atoms with Crippen LogP contribution in [0.2, 0.25) is 0 Å². The number of aromatic nitrogens is 3. The summed E-state index contributed by atoms with van der Waals surface area (Å²) in [7, 11) is 1.59. The number of amidine groups is 1. The summed E-state index contributed by atoms with van der Waals surface area (Å²) >= 11 is 0. The largest absolute Gasteiger partial charge is 0.494 e. The van der Waals surface area contributed by atoms with E-state index in [0.29, 0.717) is 53.3 Å². The Morgan fingerprint density at radius 1 is 1.04 bits per heavy atom. The second-order valence-corrected chi connectivity index (χ2v) is 14.5. The predicted octanol–water partition coefficient (Wildman–Crippen LogP) is 7.20. The molecular formula is C41H44F4N8O4. The molecule has 16 heteroatoms. The molecule has 0 bridgehead atoms. The average molecular weight is 789 g/mol. The number of ether oxygens (including phenoxy) is 2. The Kier molecular flexibility index (Phi) is 11.3. The number of H-pyrrole nitrogens is 2. The lowest BCUT2D eigenvalue weighted by atomic mass is 9.83. The monoisotopic (exact) mass is 788 g/mol. The minimum absolute atomic E-state index is 0.0147. The topological polar surface area (TPSA) is 163 Å². The van der Waals surface area contributed by atoms with Gasteiger partial charge in [-0.1, -0.05) is 12.1 Å². The van der Waals surface area contributed by atoms with E-state index >= 15 is 0 Å². The zero-order valence-corrected chi connectivity index (χ0v) is 31.7. The number of rotatable bonds is 12. The minimum Gasteiger partial charge on any atom is -0.494 e. The van der Waals surface area contributed by atoms with Crippen LogP contribution in [-0.2, 0) is 10.9 Å². The number of alkyl halides is 3. The number of benzene rings is 3. The van der Waals surface area contributed by atoms with Crippen LogP contribution in [0.3, 0.4) is 0 Å². The molecule has 2 aliphatic rings. The molecule has 57 heavy (non-hydrogen) atoms. The summed E-state index contributed by atoms with van der Waals surface area (Å²) < 4.78 is 68.4. The Hall–Kier alpha value is -5.77. The summed E-state index contributed by atoms with van der Waals surface area (Å²) in [6.07, 6.45) is 0.528. The van der Waals surface area contributed by atoms with E-state index in [2.05, 4.69) is 42.3 Å². The van der Waals surface area contributed by atoms with Crippen molar-refractivity contribution in [1.29, 1.82) is 0 Å². The van der Waals surface area contributed by atoms with Crippen LogP contribution in [0.15, 0.2) is 80.2 Å². The van der Waals surface area contributed by atoms with Gasteiger partial charge in [-0.25, -0.2) is 14.5 Å². The number of fused-ring (bicyclic) bond motifs is 1. The summed E-state index contributed by atoms with van der Waals surface area (Å²) in [4.78, 5) is 37.7. The lowest BCUT2D eigenvalue weighted by Crippen LogP contribution is -2.42. The van der Waals surface area contributed by atoms with Gasteiger partial charge in [0.2, 0.25) is 5.56 Å². The van der Waals surface area contributed by atoms with E-state index in [-0.39, 0.29) is 34.5 Å². The fraction of sp³-hybridized carbons (Fsp3) is 0.390. The van der Waals surface area contributed by atoms with Crippen LogP contribution in [0, 0.1) is 5.82 Å². The summed E-state index contributed by atoms with van der Waals surface area (Å²) in [6.45, 7) is 5.08. The maximum atomic E-state index is 14.6. The van der Waals surface area contributed by atoms with E-state index in [1.54, 1.807) is 13.1 Å². The van der Waals surface area contributed by atoms with E-state index in [1.165, 1.54) is 24.3 Å². The van der Waals surface area contributed by atoms with Crippen molar-refractivity contribution in [3.05, 3.63) is 104 Å². The molecule has 12 nitrogen and oxygen atoms in total. The molecule has 1 fully saturated rings. The van der Waals surface area contributed by atoms with Crippen LogP contribution in [0.25, 0.3) is 21.7 Å². The van der Waals surface area contributed by atoms with Crippen molar-refractivity contribution in [2.24, 2.45) is 15.7 Å². The van der Waals surface area contributed by atoms with Gasteiger partial charge in [-0.2, -0.15) is 18.3 Å². The standard InChI is InChI=1S/C41H44F4N8O4/c1-22-7-14-33(53(22)26-10-13-31-28(19-26)30(41(43,44)45)20-34(54)49-31)23(2)56-15-5-4-6-16-57-27-11-8-24(9-12-27)37-36(39(47-3)48-21-46)38-35-29(40(55)52-51-38)17-25(42)18-32(35)50-37/h8-13,17-23,33,36-37,50H,4-7,14-16H2,1-3H3,(H,49,54)(H,52,55)(H2,46,47,48)/t22-,23?,33?,36+,37+/m0/s1. The number of pyridine rings is 1. The normalized spacial score (nSPS) is 20.4. The molecule has 3 aromatic carbocycles. The number of anilines is 2. The molecule has 0 radical (unpaired) electrons. The zero-order chi connectivity index (χ0) is 40.4. The maximum Gasteiger partial charge on any atom is 0.417 e. The van der Waals surface area contributed by atoms with Gasteiger partial charge in [-0.15, -0.1) is 0 Å². The van der Waals surface area contributed by atoms with Gasteiger partial charge in [0.25, 0.3) is 5.56 Å². The Balaban J connectivity index is 0.928. The number of halogens is 4. The predicted molar refractivity (Wildman–Crippen MR) is 213 cm³/mol. The fourth-order valence-corrected chi connectivity index (χ4v) is 8.22. The molecule has 1 saturated heterocycles. The van der Waals surface area contributed by atoms with Crippen LogP contribution < -0.4 is 31.8 Å². The Morgan fingerprint density at radius 2 is 1.81 bits per heavy atom. The van der Waals surface area contributed by atoms with Crippen LogP contribution in [-0.4, -0.2) is 65.8 Å². The van der Waals surface area contributed by atoms with E-state index in [9.17, 15) is 27.2 Å². The summed E-state index contributed by atoms with van der Waals surface area (Å²) in [5.74, 6) is -0.0517. The van der Waals surface area contributed by atoms with Crippen LogP contribution >= 0.6 is 0 Å². The number of nitrogens with zero attached hydrogens (tertiary/aromatic N) is 4. The van der Waals surface area contributed by atoms with Gasteiger partial charge in [-0.3, -0.25) is 14.6 Å². The molecule has 2 aliphatic heterocycles. The molecule has 5 aromatic rings. The lowest BCUT2D eigenvalue weighted by Gasteiger charge is -2.34. The minimum atomic E-state index is -4.66. The highest BCUT2D eigenvalue weighted by Crippen LogP contribution is 2.45. The Labute approximate surface area is 325 Å². The number of nitrogens with two attached hydrogens (primary N) is 1. The van der Waals surface area contributed by atoms with Gasteiger partial charge in [0.05, 0.1) is 53.7 Å². The fourth-order valence-electron chi connectivity index (χ4n) is 8.22. The van der Waals surface area contributed by atoms with E-state index in [1.807, 2.05) is 31.2 Å². The van der Waals surface area contributed by atoms with Gasteiger partial charge >= 0.3 is 6.18 Å². The van der Waals surface area contributed by atoms with Crippen molar-refractivity contribution < 1.29 is 27.0 Å². The molecule has 7 rings (SSSR count). The van der Waals surface area contributed by atoms with Crippen molar-refractivity contribution in [3.8, 4) is 5.75 Å². The Bertz CT molecular complexity index is 2430. The number of aromatic amines is 2. The summed E-state index contributed by atoms with van der Waals surface area (Å²) in [5.41, 5.74) is 6.00. The number of nitrogens with one attached hydrogen (secondary N) is 3. The van der Waals surface area contributed by atoms with Gasteiger partial charge in [-0.05, 0) is 94.0 Å². The first kappa shape index (κ1) is 39.5. The molecule has 0 saturated carbocycles. The van der Waals surface area contributed by atoms with Crippen molar-refractivity contribution in [3.63, 3.8) is 0 Å². The number of unbranched alkanes of at least 4 members (excludes halogenated alkanes) is 2. The SMILES string of the molecule is CN=C(N=CN)[C@H]1c2n[nH]c(=O)c3cc(F)cc(c23)N[C@@H]1c1ccc(OCCCCCOC(C)C2CC[C@H](C)N2c2ccc3[nH]c(=O)cc(C(F)(F)F)c3c2)cc1. The molecule has 4 heterocycles. The third kappa shape index (κ3) is 8.08. The highest BCUT2D eigenvalue weighted by Gasteiger charge is 2.39. The maximum absolute atomic E-state index is 14.6. The van der Waals surface area contributed by atoms with E-state index < -0.39 is 40.6 Å². The van der Waals surface area contributed by atoms with Crippen LogP contribution in [0.5, 0.6) is 5.75 Å². The third-order valence-corrected chi connectivity index (χ3v) is 10.9. The van der Waals surface area contributed by atoms with Crippen molar-refractivity contribution in [1.82, 2.24) is 15.2 Å². The number of aliphatic imine (C=N–C) groups is 2. The third-order valence-electron chi connectivity index (χ3n) is 10.9. The van der Waals surface area contributed by atoms with Gasteiger partial charge in [0.15, 0.2) is 0 Å². The van der Waals surface area contributed by atoms with Gasteiger partial charge in [0, 0.05) is 53.4 Å².